The van der Waals surface area contributed by atoms with Crippen LogP contribution in [0.3, 0.4) is 0 Å². The molecule has 0 unspecified atom stereocenters. The van der Waals surface area contributed by atoms with Crippen LogP contribution in [0.5, 0.6) is 0 Å². The fraction of sp³-hybridized carbons (Fsp3) is 0.364. The summed E-state index contributed by atoms with van der Waals surface area (Å²) in [5, 5.41) is 16.4. The van der Waals surface area contributed by atoms with Gasteiger partial charge >= 0.3 is 5.00 Å². The Kier molecular flexibility index (Phi) is 3.63. The van der Waals surface area contributed by atoms with Crippen molar-refractivity contribution in [1.29, 1.82) is 0 Å². The van der Waals surface area contributed by atoms with E-state index >= 15 is 0 Å². The van der Waals surface area contributed by atoms with Crippen LogP contribution in [0.4, 0.5) is 10.1 Å². The zero-order chi connectivity index (χ0) is 13.2. The number of thiophene rings is 1. The predicted octanol–water partition coefficient (Wildman–Crippen LogP) is 3.50. The predicted molar refractivity (Wildman–Crippen MR) is 74.6 cm³/mol. The van der Waals surface area contributed by atoms with Crippen LogP contribution in [0.15, 0.2) is 23.7 Å². The minimum absolute atomic E-state index is 0.0192. The van der Waals surface area contributed by atoms with Crippen LogP contribution in [0.25, 0.3) is 0 Å². The highest BCUT2D eigenvalue weighted by molar-refractivity contribution is 7.18. The maximum atomic E-state index is 10.6. The SMILES string of the molecule is CC(C)(CNc1ncc([N+](=O)[O-])s1)c1cccs1. The lowest BCUT2D eigenvalue weighted by atomic mass is 9.91. The Hall–Kier alpha value is -1.47. The minimum Gasteiger partial charge on any atom is -0.360 e. The fourth-order valence-corrected chi connectivity index (χ4v) is 2.96. The topological polar surface area (TPSA) is 68.1 Å². The molecule has 0 saturated heterocycles. The maximum absolute atomic E-state index is 10.6. The number of hydrogen-bond donors (Lipinski definition) is 1. The average Bonchev–Trinajstić information content (AvgIpc) is 2.98. The first-order valence-corrected chi connectivity index (χ1v) is 7.07. The molecule has 2 aromatic heterocycles. The normalized spacial score (nSPS) is 11.4. The van der Waals surface area contributed by atoms with E-state index in [1.807, 2.05) is 11.4 Å². The van der Waals surface area contributed by atoms with Crippen LogP contribution in [0.1, 0.15) is 18.7 Å². The number of nitrogens with zero attached hydrogens (tertiary/aromatic N) is 2. The standard InChI is InChI=1S/C11H13N3O2S2/c1-11(2,8-4-3-5-17-8)7-13-10-12-6-9(18-10)14(15)16/h3-6H,7H2,1-2H3,(H,12,13). The Balaban J connectivity index is 2.00. The second-order valence-corrected chi connectivity index (χ2v) is 6.43. The third-order valence-corrected chi connectivity index (χ3v) is 4.69. The molecule has 7 heteroatoms. The van der Waals surface area contributed by atoms with Crippen molar-refractivity contribution in [3.8, 4) is 0 Å². The monoisotopic (exact) mass is 283 g/mol. The van der Waals surface area contributed by atoms with Crippen LogP contribution < -0.4 is 5.32 Å². The molecule has 0 saturated carbocycles. The summed E-state index contributed by atoms with van der Waals surface area (Å²) in [6.45, 7) is 4.96. The molecule has 0 atom stereocenters. The summed E-state index contributed by atoms with van der Waals surface area (Å²) >= 11 is 2.77. The molecule has 2 aromatic rings. The van der Waals surface area contributed by atoms with Gasteiger partial charge in [-0.05, 0) is 22.8 Å². The minimum atomic E-state index is -0.423. The first-order chi connectivity index (χ1) is 8.49. The number of hydrogen-bond acceptors (Lipinski definition) is 6. The van der Waals surface area contributed by atoms with E-state index in [1.165, 1.54) is 11.1 Å². The van der Waals surface area contributed by atoms with Gasteiger partial charge in [0.2, 0.25) is 0 Å². The summed E-state index contributed by atoms with van der Waals surface area (Å²) < 4.78 is 0. The lowest BCUT2D eigenvalue weighted by molar-refractivity contribution is -0.380. The zero-order valence-electron chi connectivity index (χ0n) is 10.0. The van der Waals surface area contributed by atoms with Gasteiger partial charge in [0.15, 0.2) is 5.13 Å². The molecule has 0 bridgehead atoms. The molecule has 0 aliphatic carbocycles. The van der Waals surface area contributed by atoms with E-state index in [-0.39, 0.29) is 10.4 Å². The van der Waals surface area contributed by atoms with Gasteiger partial charge < -0.3 is 5.32 Å². The van der Waals surface area contributed by atoms with Gasteiger partial charge in [-0.3, -0.25) is 10.1 Å². The summed E-state index contributed by atoms with van der Waals surface area (Å²) in [6.07, 6.45) is 1.28. The van der Waals surface area contributed by atoms with Gasteiger partial charge in [0.1, 0.15) is 6.20 Å². The first kappa shape index (κ1) is 13.0. The van der Waals surface area contributed by atoms with Gasteiger partial charge in [-0.25, -0.2) is 4.98 Å². The van der Waals surface area contributed by atoms with Crippen LogP contribution in [-0.4, -0.2) is 16.5 Å². The van der Waals surface area contributed by atoms with E-state index < -0.39 is 4.92 Å². The Labute approximate surface area is 113 Å². The highest BCUT2D eigenvalue weighted by Gasteiger charge is 2.22. The van der Waals surface area contributed by atoms with E-state index in [1.54, 1.807) is 11.3 Å². The van der Waals surface area contributed by atoms with Crippen molar-refractivity contribution in [3.05, 3.63) is 38.7 Å². The van der Waals surface area contributed by atoms with Crippen molar-refractivity contribution in [2.45, 2.75) is 19.3 Å². The second kappa shape index (κ2) is 5.03. The van der Waals surface area contributed by atoms with Crippen molar-refractivity contribution in [2.24, 2.45) is 0 Å². The number of nitrogens with one attached hydrogen (secondary N) is 1. The lowest BCUT2D eigenvalue weighted by Gasteiger charge is -2.23. The molecule has 0 radical (unpaired) electrons. The van der Waals surface area contributed by atoms with E-state index in [0.717, 1.165) is 11.3 Å². The molecule has 18 heavy (non-hydrogen) atoms. The number of thiazole rings is 1. The number of aromatic nitrogens is 1. The summed E-state index contributed by atoms with van der Waals surface area (Å²) in [5.41, 5.74) is -0.0192. The third kappa shape index (κ3) is 2.85. The van der Waals surface area contributed by atoms with E-state index in [9.17, 15) is 10.1 Å². The molecule has 0 fully saturated rings. The number of anilines is 1. The lowest BCUT2D eigenvalue weighted by Crippen LogP contribution is -2.26. The quantitative estimate of drug-likeness (QED) is 0.673. The molecular formula is C11H13N3O2S2. The van der Waals surface area contributed by atoms with Gasteiger partial charge in [0, 0.05) is 16.8 Å². The van der Waals surface area contributed by atoms with Crippen LogP contribution >= 0.6 is 22.7 Å². The molecular weight excluding hydrogens is 270 g/mol. The summed E-state index contributed by atoms with van der Waals surface area (Å²) in [6, 6.07) is 4.12. The van der Waals surface area contributed by atoms with E-state index in [2.05, 4.69) is 30.2 Å². The Morgan fingerprint density at radius 2 is 2.33 bits per heavy atom. The average molecular weight is 283 g/mol. The largest absolute Gasteiger partial charge is 0.360 e. The Bertz CT molecular complexity index is 534. The molecule has 96 valence electrons. The molecule has 0 aliphatic heterocycles. The highest BCUT2D eigenvalue weighted by atomic mass is 32.1. The summed E-state index contributed by atoms with van der Waals surface area (Å²) in [5.74, 6) is 0. The third-order valence-electron chi connectivity index (χ3n) is 2.54. The molecule has 0 amide bonds. The van der Waals surface area contributed by atoms with Crippen molar-refractivity contribution in [2.75, 3.05) is 11.9 Å². The van der Waals surface area contributed by atoms with Gasteiger partial charge in [0.25, 0.3) is 0 Å². The fourth-order valence-electron chi connectivity index (χ4n) is 1.48. The first-order valence-electron chi connectivity index (χ1n) is 5.37. The van der Waals surface area contributed by atoms with Crippen molar-refractivity contribution >= 4 is 32.8 Å². The number of nitro groups is 1. The van der Waals surface area contributed by atoms with Gasteiger partial charge in [-0.2, -0.15) is 0 Å². The highest BCUT2D eigenvalue weighted by Crippen LogP contribution is 2.30. The van der Waals surface area contributed by atoms with Gasteiger partial charge in [-0.1, -0.05) is 19.9 Å². The van der Waals surface area contributed by atoms with Crippen LogP contribution in [0, 0.1) is 10.1 Å². The second-order valence-electron chi connectivity index (χ2n) is 4.48. The van der Waals surface area contributed by atoms with Crippen LogP contribution in [-0.2, 0) is 5.41 Å². The van der Waals surface area contributed by atoms with Crippen molar-refractivity contribution < 1.29 is 4.92 Å². The van der Waals surface area contributed by atoms with Crippen molar-refractivity contribution in [1.82, 2.24) is 4.98 Å². The molecule has 2 heterocycles. The molecule has 1 N–H and O–H groups in total. The Morgan fingerprint density at radius 1 is 1.56 bits per heavy atom. The molecule has 0 aliphatic rings. The summed E-state index contributed by atoms with van der Waals surface area (Å²) in [4.78, 5) is 15.4. The summed E-state index contributed by atoms with van der Waals surface area (Å²) in [7, 11) is 0. The molecule has 0 spiro atoms. The maximum Gasteiger partial charge on any atom is 0.345 e. The Morgan fingerprint density at radius 3 is 2.89 bits per heavy atom. The molecule has 2 rings (SSSR count). The van der Waals surface area contributed by atoms with Crippen molar-refractivity contribution in [3.63, 3.8) is 0 Å². The smallest absolute Gasteiger partial charge is 0.345 e. The number of rotatable bonds is 5. The zero-order valence-corrected chi connectivity index (χ0v) is 11.7. The van der Waals surface area contributed by atoms with E-state index in [0.29, 0.717) is 11.7 Å². The van der Waals surface area contributed by atoms with Gasteiger partial charge in [-0.15, -0.1) is 11.3 Å². The molecule has 0 aromatic carbocycles. The van der Waals surface area contributed by atoms with E-state index in [4.69, 9.17) is 0 Å². The molecule has 5 nitrogen and oxygen atoms in total. The van der Waals surface area contributed by atoms with Gasteiger partial charge in [0.05, 0.1) is 4.92 Å². The van der Waals surface area contributed by atoms with Crippen LogP contribution in [0.2, 0.25) is 0 Å².